The van der Waals surface area contributed by atoms with Gasteiger partial charge in [-0.05, 0) is 12.8 Å². The van der Waals surface area contributed by atoms with Crippen molar-refractivity contribution in [3.05, 3.63) is 22.4 Å². The lowest BCUT2D eigenvalue weighted by atomic mass is 10.4. The molecule has 1 fully saturated rings. The maximum Gasteiger partial charge on any atom is 0.334 e. The van der Waals surface area contributed by atoms with Gasteiger partial charge in [-0.2, -0.15) is 0 Å². The van der Waals surface area contributed by atoms with E-state index in [0.717, 1.165) is 12.8 Å². The van der Waals surface area contributed by atoms with Gasteiger partial charge in [0, 0.05) is 0 Å². The van der Waals surface area contributed by atoms with Crippen LogP contribution in [0.1, 0.15) is 12.8 Å². The normalized spacial score (nSPS) is 14.7. The number of nitro groups is 1. The average Bonchev–Trinajstić information content (AvgIpc) is 3.01. The molecule has 0 bridgehead atoms. The van der Waals surface area contributed by atoms with Crippen molar-refractivity contribution in [2.24, 2.45) is 0 Å². The molecule has 1 saturated carbocycles. The van der Waals surface area contributed by atoms with Crippen molar-refractivity contribution in [1.29, 1.82) is 0 Å². The van der Waals surface area contributed by atoms with Gasteiger partial charge in [0.05, 0.1) is 30.4 Å². The quantitative estimate of drug-likeness (QED) is 0.556. The first-order valence-electron chi connectivity index (χ1n) is 4.56. The van der Waals surface area contributed by atoms with Crippen molar-refractivity contribution in [1.82, 2.24) is 4.98 Å². The Bertz CT molecular complexity index is 390. The molecule has 0 amide bonds. The first-order valence-corrected chi connectivity index (χ1v) is 4.56. The van der Waals surface area contributed by atoms with Crippen LogP contribution in [0.5, 0.6) is 11.6 Å². The first kappa shape index (κ1) is 9.70. The fraction of sp³-hybridized carbons (Fsp3) is 0.444. The summed E-state index contributed by atoms with van der Waals surface area (Å²) in [6, 6.07) is 1.34. The highest BCUT2D eigenvalue weighted by Crippen LogP contribution is 2.31. The molecule has 80 valence electrons. The third-order valence-corrected chi connectivity index (χ3v) is 2.02. The number of pyridine rings is 1. The highest BCUT2D eigenvalue weighted by atomic mass is 16.6. The lowest BCUT2D eigenvalue weighted by Gasteiger charge is -2.05. The van der Waals surface area contributed by atoms with Gasteiger partial charge >= 0.3 is 5.69 Å². The van der Waals surface area contributed by atoms with Gasteiger partial charge in [-0.3, -0.25) is 10.1 Å². The third-order valence-electron chi connectivity index (χ3n) is 2.02. The molecule has 6 heteroatoms. The zero-order valence-electron chi connectivity index (χ0n) is 8.17. The second-order valence-electron chi connectivity index (χ2n) is 3.27. The van der Waals surface area contributed by atoms with Crippen LogP contribution in [0.4, 0.5) is 5.69 Å². The van der Waals surface area contributed by atoms with Crippen LogP contribution < -0.4 is 9.47 Å². The molecule has 0 atom stereocenters. The van der Waals surface area contributed by atoms with Gasteiger partial charge in [-0.15, -0.1) is 0 Å². The molecular formula is C9H10N2O4. The molecule has 1 aromatic rings. The van der Waals surface area contributed by atoms with Crippen LogP contribution in [0, 0.1) is 10.1 Å². The van der Waals surface area contributed by atoms with Gasteiger partial charge in [0.2, 0.25) is 0 Å². The first-order chi connectivity index (χ1) is 7.20. The van der Waals surface area contributed by atoms with Crippen LogP contribution in [0.15, 0.2) is 12.3 Å². The van der Waals surface area contributed by atoms with E-state index in [4.69, 9.17) is 9.47 Å². The lowest BCUT2D eigenvalue weighted by Crippen LogP contribution is -2.00. The van der Waals surface area contributed by atoms with Crippen LogP contribution in [0.25, 0.3) is 0 Å². The predicted octanol–water partition coefficient (Wildman–Crippen LogP) is 1.54. The number of ether oxygens (including phenoxy) is 2. The molecule has 1 heterocycles. The van der Waals surface area contributed by atoms with E-state index in [9.17, 15) is 10.1 Å². The Morgan fingerprint density at radius 1 is 1.60 bits per heavy atom. The minimum atomic E-state index is -0.536. The second-order valence-corrected chi connectivity index (χ2v) is 3.27. The molecular weight excluding hydrogens is 200 g/mol. The van der Waals surface area contributed by atoms with E-state index in [-0.39, 0.29) is 17.7 Å². The van der Waals surface area contributed by atoms with Crippen LogP contribution >= 0.6 is 0 Å². The smallest absolute Gasteiger partial charge is 0.334 e. The fourth-order valence-corrected chi connectivity index (χ4v) is 1.15. The molecule has 2 rings (SSSR count). The number of hydrogen-bond donors (Lipinski definition) is 0. The number of aromatic nitrogens is 1. The van der Waals surface area contributed by atoms with E-state index in [1.54, 1.807) is 0 Å². The summed E-state index contributed by atoms with van der Waals surface area (Å²) >= 11 is 0. The van der Waals surface area contributed by atoms with Gasteiger partial charge in [0.1, 0.15) is 5.75 Å². The fourth-order valence-electron chi connectivity index (χ4n) is 1.15. The van der Waals surface area contributed by atoms with Crippen LogP contribution in [-0.2, 0) is 0 Å². The molecule has 0 radical (unpaired) electrons. The van der Waals surface area contributed by atoms with Gasteiger partial charge in [-0.25, -0.2) is 4.98 Å². The molecule has 15 heavy (non-hydrogen) atoms. The van der Waals surface area contributed by atoms with E-state index >= 15 is 0 Å². The molecule has 0 N–H and O–H groups in total. The van der Waals surface area contributed by atoms with Gasteiger partial charge < -0.3 is 9.47 Å². The maximum absolute atomic E-state index is 10.7. The van der Waals surface area contributed by atoms with Crippen molar-refractivity contribution in [3.63, 3.8) is 0 Å². The summed E-state index contributed by atoms with van der Waals surface area (Å²) in [5.74, 6) is 0.424. The largest absolute Gasteiger partial charge is 0.489 e. The Morgan fingerprint density at radius 3 is 2.87 bits per heavy atom. The molecule has 0 unspecified atom stereocenters. The summed E-state index contributed by atoms with van der Waals surface area (Å²) in [7, 11) is 1.34. The van der Waals surface area contributed by atoms with Crippen molar-refractivity contribution >= 4 is 5.69 Å². The maximum atomic E-state index is 10.7. The van der Waals surface area contributed by atoms with E-state index in [1.807, 2.05) is 0 Å². The molecule has 1 aliphatic carbocycles. The van der Waals surface area contributed by atoms with Gasteiger partial charge in [-0.1, -0.05) is 0 Å². The average molecular weight is 210 g/mol. The van der Waals surface area contributed by atoms with Crippen molar-refractivity contribution in [3.8, 4) is 11.6 Å². The van der Waals surface area contributed by atoms with Crippen LogP contribution in [0.2, 0.25) is 0 Å². The van der Waals surface area contributed by atoms with Crippen LogP contribution in [-0.4, -0.2) is 23.1 Å². The summed E-state index contributed by atoms with van der Waals surface area (Å²) in [4.78, 5) is 13.9. The standard InChI is InChI=1S/C9H10N2O4/c1-14-9-8(11(12)13)4-7(5-10-9)15-6-2-3-6/h4-6H,2-3H2,1H3. The number of methoxy groups -OCH3 is 1. The van der Waals surface area contributed by atoms with E-state index in [2.05, 4.69) is 4.98 Å². The van der Waals surface area contributed by atoms with Crippen molar-refractivity contribution in [2.75, 3.05) is 7.11 Å². The van der Waals surface area contributed by atoms with E-state index in [0.29, 0.717) is 5.75 Å². The predicted molar refractivity (Wildman–Crippen MR) is 51.1 cm³/mol. The van der Waals surface area contributed by atoms with Gasteiger partial charge in [0.15, 0.2) is 0 Å². The van der Waals surface area contributed by atoms with E-state index in [1.165, 1.54) is 19.4 Å². The zero-order chi connectivity index (χ0) is 10.8. The minimum absolute atomic E-state index is 0.00291. The van der Waals surface area contributed by atoms with E-state index < -0.39 is 4.92 Å². The topological polar surface area (TPSA) is 74.5 Å². The zero-order valence-corrected chi connectivity index (χ0v) is 8.17. The van der Waals surface area contributed by atoms with Crippen molar-refractivity contribution in [2.45, 2.75) is 18.9 Å². The molecule has 0 spiro atoms. The monoisotopic (exact) mass is 210 g/mol. The lowest BCUT2D eigenvalue weighted by molar-refractivity contribution is -0.386. The summed E-state index contributed by atoms with van der Waals surface area (Å²) in [6.45, 7) is 0. The Morgan fingerprint density at radius 2 is 2.33 bits per heavy atom. The SMILES string of the molecule is COc1ncc(OC2CC2)cc1[N+](=O)[O-]. The Kier molecular flexibility index (Phi) is 2.40. The molecule has 0 aromatic carbocycles. The third kappa shape index (κ3) is 2.15. The Labute approximate surface area is 86.0 Å². The molecule has 1 aromatic heterocycles. The van der Waals surface area contributed by atoms with Crippen LogP contribution in [0.3, 0.4) is 0 Å². The Hall–Kier alpha value is -1.85. The summed E-state index contributed by atoms with van der Waals surface area (Å²) in [6.07, 6.45) is 3.63. The minimum Gasteiger partial charge on any atom is -0.489 e. The highest BCUT2D eigenvalue weighted by Gasteiger charge is 2.25. The van der Waals surface area contributed by atoms with Gasteiger partial charge in [0.25, 0.3) is 5.88 Å². The molecule has 0 saturated heterocycles. The second kappa shape index (κ2) is 3.72. The molecule has 0 aliphatic heterocycles. The number of rotatable bonds is 4. The highest BCUT2D eigenvalue weighted by molar-refractivity contribution is 5.45. The summed E-state index contributed by atoms with van der Waals surface area (Å²) < 4.78 is 10.2. The molecule has 6 nitrogen and oxygen atoms in total. The number of nitrogens with zero attached hydrogens (tertiary/aromatic N) is 2. The summed E-state index contributed by atoms with van der Waals surface area (Å²) in [5.41, 5.74) is -0.171. The Balaban J connectivity index is 2.26. The molecule has 1 aliphatic rings. The summed E-state index contributed by atoms with van der Waals surface area (Å²) in [5, 5.41) is 10.7. The number of hydrogen-bond acceptors (Lipinski definition) is 5. The van der Waals surface area contributed by atoms with Crippen molar-refractivity contribution < 1.29 is 14.4 Å².